The smallest absolute Gasteiger partial charge is 0.295 e. The number of aryl methyl sites for hydroxylation is 1. The number of β-amino-alcohol motifs (C(OH)–C–C–N with tert-alkyl or cyclic N) is 1. The van der Waals surface area contributed by atoms with Crippen molar-refractivity contribution in [1.82, 2.24) is 4.90 Å². The minimum atomic E-state index is -0.822. The maximum absolute atomic E-state index is 12.7. The van der Waals surface area contributed by atoms with E-state index >= 15 is 0 Å². The van der Waals surface area contributed by atoms with Gasteiger partial charge in [-0.15, -0.1) is 0 Å². The number of nitrogens with zero attached hydrogens (tertiary/aromatic N) is 1. The molecule has 6 heteroatoms. The molecule has 1 aliphatic rings. The summed E-state index contributed by atoms with van der Waals surface area (Å²) in [6.45, 7) is 3.43. The van der Waals surface area contributed by atoms with Crippen molar-refractivity contribution in [3.63, 3.8) is 0 Å². The quantitative estimate of drug-likeness (QED) is 0.480. The number of hydrogen-bond acceptors (Lipinski definition) is 4. The summed E-state index contributed by atoms with van der Waals surface area (Å²) in [6, 6.07) is 13.0. The van der Waals surface area contributed by atoms with Crippen LogP contribution in [0.15, 0.2) is 54.1 Å². The van der Waals surface area contributed by atoms with Gasteiger partial charge in [-0.05, 0) is 31.5 Å². The molecule has 0 spiro atoms. The Bertz CT molecular complexity index is 901. The van der Waals surface area contributed by atoms with Crippen LogP contribution in [0.3, 0.4) is 0 Å². The van der Waals surface area contributed by atoms with E-state index < -0.39 is 23.8 Å². The van der Waals surface area contributed by atoms with E-state index in [0.29, 0.717) is 16.1 Å². The molecule has 0 aliphatic carbocycles. The third-order valence-corrected chi connectivity index (χ3v) is 4.76. The summed E-state index contributed by atoms with van der Waals surface area (Å²) in [4.78, 5) is 26.6. The number of aliphatic hydroxyl groups is 2. The number of Topliss-reactive ketones (excluding diaryl/α,β-unsaturated/α-hetero) is 1. The summed E-state index contributed by atoms with van der Waals surface area (Å²) in [7, 11) is 0. The van der Waals surface area contributed by atoms with Crippen molar-refractivity contribution in [3.05, 3.63) is 75.8 Å². The highest BCUT2D eigenvalue weighted by molar-refractivity contribution is 6.46. The number of likely N-dealkylation sites (tertiary alicyclic amines) is 1. The fraction of sp³-hybridized carbons (Fsp3) is 0.238. The molecule has 3 rings (SSSR count). The molecule has 1 aliphatic heterocycles. The third kappa shape index (κ3) is 3.75. The molecule has 1 fully saturated rings. The van der Waals surface area contributed by atoms with Crippen LogP contribution in [0.1, 0.15) is 29.7 Å². The number of rotatable bonds is 4. The zero-order chi connectivity index (χ0) is 19.7. The van der Waals surface area contributed by atoms with Crippen molar-refractivity contribution in [1.29, 1.82) is 0 Å². The number of carbonyl (C=O) groups excluding carboxylic acids is 2. The highest BCUT2D eigenvalue weighted by atomic mass is 35.5. The SMILES string of the molecule is Cc1ccc(C(O)=C2C(=O)C(=O)N(C[C@@H](C)O)[C@H]2c2ccc(Cl)cc2)cc1. The van der Waals surface area contributed by atoms with Gasteiger partial charge in [0, 0.05) is 17.1 Å². The van der Waals surface area contributed by atoms with E-state index in [1.807, 2.05) is 19.1 Å². The number of benzene rings is 2. The Morgan fingerprint density at radius 3 is 2.26 bits per heavy atom. The zero-order valence-corrected chi connectivity index (χ0v) is 15.8. The molecule has 1 heterocycles. The van der Waals surface area contributed by atoms with Gasteiger partial charge in [0.15, 0.2) is 0 Å². The van der Waals surface area contributed by atoms with E-state index in [2.05, 4.69) is 0 Å². The van der Waals surface area contributed by atoms with Crippen LogP contribution in [0, 0.1) is 6.92 Å². The van der Waals surface area contributed by atoms with Crippen molar-refractivity contribution in [2.24, 2.45) is 0 Å². The third-order valence-electron chi connectivity index (χ3n) is 4.51. The van der Waals surface area contributed by atoms with E-state index in [0.717, 1.165) is 5.56 Å². The second kappa shape index (κ2) is 7.55. The number of carbonyl (C=O) groups is 2. The lowest BCUT2D eigenvalue weighted by molar-refractivity contribution is -0.140. The predicted octanol–water partition coefficient (Wildman–Crippen LogP) is 3.45. The predicted molar refractivity (Wildman–Crippen MR) is 103 cm³/mol. The molecule has 0 bridgehead atoms. The Morgan fingerprint density at radius 2 is 1.70 bits per heavy atom. The Balaban J connectivity index is 2.17. The van der Waals surface area contributed by atoms with Crippen molar-refractivity contribution in [2.45, 2.75) is 26.0 Å². The van der Waals surface area contributed by atoms with E-state index in [1.165, 1.54) is 11.8 Å². The maximum Gasteiger partial charge on any atom is 0.295 e. The highest BCUT2D eigenvalue weighted by Gasteiger charge is 2.46. The second-order valence-electron chi connectivity index (χ2n) is 6.72. The Labute approximate surface area is 162 Å². The van der Waals surface area contributed by atoms with Crippen molar-refractivity contribution in [2.75, 3.05) is 6.54 Å². The lowest BCUT2D eigenvalue weighted by Crippen LogP contribution is -2.35. The van der Waals surface area contributed by atoms with Crippen LogP contribution < -0.4 is 0 Å². The summed E-state index contributed by atoms with van der Waals surface area (Å²) >= 11 is 5.96. The number of halogens is 1. The van der Waals surface area contributed by atoms with Crippen LogP contribution in [0.4, 0.5) is 0 Å². The van der Waals surface area contributed by atoms with Gasteiger partial charge in [-0.3, -0.25) is 9.59 Å². The lowest BCUT2D eigenvalue weighted by atomic mass is 9.95. The molecule has 27 heavy (non-hydrogen) atoms. The van der Waals surface area contributed by atoms with Crippen LogP contribution in [-0.2, 0) is 9.59 Å². The first-order valence-electron chi connectivity index (χ1n) is 8.58. The molecule has 0 radical (unpaired) electrons. The van der Waals surface area contributed by atoms with Crippen LogP contribution in [0.5, 0.6) is 0 Å². The second-order valence-corrected chi connectivity index (χ2v) is 7.15. The molecule has 0 saturated carbocycles. The van der Waals surface area contributed by atoms with Gasteiger partial charge < -0.3 is 15.1 Å². The van der Waals surface area contributed by atoms with Gasteiger partial charge in [0.2, 0.25) is 0 Å². The summed E-state index contributed by atoms with van der Waals surface area (Å²) in [6.07, 6.45) is -0.822. The molecule has 2 atom stereocenters. The van der Waals surface area contributed by atoms with Gasteiger partial charge in [0.1, 0.15) is 5.76 Å². The van der Waals surface area contributed by atoms with E-state index in [-0.39, 0.29) is 17.9 Å². The van der Waals surface area contributed by atoms with E-state index in [9.17, 15) is 19.8 Å². The fourth-order valence-corrected chi connectivity index (χ4v) is 3.34. The van der Waals surface area contributed by atoms with Crippen LogP contribution in [0.2, 0.25) is 5.02 Å². The first-order chi connectivity index (χ1) is 12.8. The summed E-state index contributed by atoms with van der Waals surface area (Å²) in [5.41, 5.74) is 2.10. The van der Waals surface area contributed by atoms with Gasteiger partial charge in [0.25, 0.3) is 11.7 Å². The monoisotopic (exact) mass is 385 g/mol. The van der Waals surface area contributed by atoms with Gasteiger partial charge in [-0.1, -0.05) is 53.6 Å². The number of aliphatic hydroxyl groups excluding tert-OH is 2. The summed E-state index contributed by atoms with van der Waals surface area (Å²) < 4.78 is 0. The van der Waals surface area contributed by atoms with Gasteiger partial charge in [-0.2, -0.15) is 0 Å². The Hall–Kier alpha value is -2.63. The van der Waals surface area contributed by atoms with Gasteiger partial charge >= 0.3 is 0 Å². The standard InChI is InChI=1S/C21H20ClNO4/c1-12-3-5-15(6-4-12)19(25)17-18(14-7-9-16(22)10-8-14)23(11-13(2)24)21(27)20(17)26/h3-10,13,18,24-25H,11H2,1-2H3/t13-,18+/m1/s1. The zero-order valence-electron chi connectivity index (χ0n) is 15.0. The molecule has 5 nitrogen and oxygen atoms in total. The summed E-state index contributed by atoms with van der Waals surface area (Å²) in [5.74, 6) is -1.75. The van der Waals surface area contributed by atoms with Crippen molar-refractivity contribution >= 4 is 29.1 Å². The number of hydrogen-bond donors (Lipinski definition) is 2. The minimum Gasteiger partial charge on any atom is -0.507 e. The molecule has 0 aromatic heterocycles. The number of amides is 1. The average molecular weight is 386 g/mol. The van der Waals surface area contributed by atoms with E-state index in [1.54, 1.807) is 36.4 Å². The molecule has 2 aromatic carbocycles. The molecule has 1 amide bonds. The summed E-state index contributed by atoms with van der Waals surface area (Å²) in [5, 5.41) is 21.1. The maximum atomic E-state index is 12.7. The van der Waals surface area contributed by atoms with Crippen LogP contribution in [0.25, 0.3) is 5.76 Å². The highest BCUT2D eigenvalue weighted by Crippen LogP contribution is 2.39. The Kier molecular flexibility index (Phi) is 5.35. The van der Waals surface area contributed by atoms with Gasteiger partial charge in [0.05, 0.1) is 17.7 Å². The first kappa shape index (κ1) is 19.1. The average Bonchev–Trinajstić information content (AvgIpc) is 2.87. The largest absolute Gasteiger partial charge is 0.507 e. The molecule has 2 aromatic rings. The van der Waals surface area contributed by atoms with Crippen LogP contribution in [-0.4, -0.2) is 39.5 Å². The molecular formula is C21H20ClNO4. The molecule has 1 saturated heterocycles. The fourth-order valence-electron chi connectivity index (χ4n) is 3.21. The minimum absolute atomic E-state index is 0.00632. The van der Waals surface area contributed by atoms with Crippen LogP contribution >= 0.6 is 11.6 Å². The van der Waals surface area contributed by atoms with Crippen molar-refractivity contribution in [3.8, 4) is 0 Å². The van der Waals surface area contributed by atoms with Gasteiger partial charge in [-0.25, -0.2) is 0 Å². The first-order valence-corrected chi connectivity index (χ1v) is 8.96. The van der Waals surface area contributed by atoms with Crippen molar-refractivity contribution < 1.29 is 19.8 Å². The topological polar surface area (TPSA) is 77.8 Å². The number of ketones is 1. The van der Waals surface area contributed by atoms with E-state index in [4.69, 9.17) is 11.6 Å². The lowest BCUT2D eigenvalue weighted by Gasteiger charge is -2.26. The normalized spacial score (nSPS) is 20.1. The molecule has 140 valence electrons. The molecule has 2 N–H and O–H groups in total. The molecular weight excluding hydrogens is 366 g/mol. The molecule has 0 unspecified atom stereocenters. The Morgan fingerprint density at radius 1 is 1.11 bits per heavy atom.